The largest absolute Gasteiger partial charge is 0.490 e. The molecule has 2 aliphatic rings. The molecule has 0 unspecified atom stereocenters. The number of amides is 2. The minimum Gasteiger partial charge on any atom is -0.490 e. The Morgan fingerprint density at radius 2 is 2.06 bits per heavy atom. The molecule has 2 saturated heterocycles. The van der Waals surface area contributed by atoms with Crippen molar-refractivity contribution in [2.45, 2.75) is 18.9 Å². The number of carbonyl (C=O) groups excluding carboxylic acids is 2. The number of nitrogens with zero attached hydrogens (tertiary/aromatic N) is 4. The van der Waals surface area contributed by atoms with Crippen LogP contribution in [-0.4, -0.2) is 73.2 Å². The zero-order chi connectivity index (χ0) is 25.7. The number of carbonyl (C=O) groups is 2. The number of methoxy groups -OCH3 is 1. The molecule has 0 spiro atoms. The summed E-state index contributed by atoms with van der Waals surface area (Å²) in [6.07, 6.45) is 2.02. The van der Waals surface area contributed by atoms with Crippen molar-refractivity contribution in [2.75, 3.05) is 49.6 Å². The molecule has 1 aromatic carbocycles. The molecule has 1 aromatic heterocycles. The van der Waals surface area contributed by atoms with Crippen LogP contribution in [0.15, 0.2) is 36.7 Å². The van der Waals surface area contributed by atoms with Crippen LogP contribution in [0.25, 0.3) is 0 Å². The molecule has 1 N–H and O–H groups in total. The van der Waals surface area contributed by atoms with Crippen molar-refractivity contribution in [3.8, 4) is 5.75 Å². The number of nitrogens with one attached hydrogen (secondary N) is 1. The van der Waals surface area contributed by atoms with Gasteiger partial charge in [-0.3, -0.25) is 9.88 Å². The van der Waals surface area contributed by atoms with E-state index in [1.54, 1.807) is 18.3 Å². The molecule has 36 heavy (non-hydrogen) atoms. The molecule has 1 atom stereocenters. The lowest BCUT2D eigenvalue weighted by Crippen LogP contribution is -2.45. The van der Waals surface area contributed by atoms with Crippen LogP contribution in [0.4, 0.5) is 29.7 Å². The van der Waals surface area contributed by atoms with Crippen LogP contribution in [-0.2, 0) is 9.47 Å². The molecule has 0 bridgehead atoms. The van der Waals surface area contributed by atoms with E-state index in [0.717, 1.165) is 12.1 Å². The molecule has 10 nitrogen and oxygen atoms in total. The molecule has 0 aliphatic carbocycles. The Morgan fingerprint density at radius 3 is 2.75 bits per heavy atom. The van der Waals surface area contributed by atoms with Crippen molar-refractivity contribution in [2.24, 2.45) is 0 Å². The fourth-order valence-electron chi connectivity index (χ4n) is 3.95. The van der Waals surface area contributed by atoms with Crippen LogP contribution in [0.5, 0.6) is 5.75 Å². The molecular formula is C23H25F2N5O5S. The Bertz CT molecular complexity index is 1100. The highest BCUT2D eigenvalue weighted by Gasteiger charge is 2.34. The molecule has 2 fully saturated rings. The number of cyclic esters (lactones) is 1. The molecular weight excluding hydrogens is 496 g/mol. The number of hydrogen-bond acceptors (Lipinski definition) is 9. The van der Waals surface area contributed by atoms with Crippen molar-refractivity contribution in [1.29, 1.82) is 0 Å². The molecule has 3 heterocycles. The van der Waals surface area contributed by atoms with Gasteiger partial charge in [0.15, 0.2) is 22.4 Å². The summed E-state index contributed by atoms with van der Waals surface area (Å²) < 4.78 is 45.7. The SMILES string of the molecule is COC(=S)CC[C@H]1CN(c2cc(F)c(N3CCNN(C(=O)Oc4cccnc4)CC3)c(F)c2)C(=O)O1. The Hall–Kier alpha value is -3.58. The lowest BCUT2D eigenvalue weighted by atomic mass is 10.2. The van der Waals surface area contributed by atoms with E-state index < -0.39 is 29.9 Å². The number of ether oxygens (including phenoxy) is 3. The molecule has 0 radical (unpaired) electrons. The first kappa shape index (κ1) is 25.5. The second kappa shape index (κ2) is 11.4. The van der Waals surface area contributed by atoms with Crippen molar-refractivity contribution in [1.82, 2.24) is 15.4 Å². The quantitative estimate of drug-likeness (QED) is 0.575. The highest BCUT2D eigenvalue weighted by atomic mass is 32.1. The third kappa shape index (κ3) is 5.97. The lowest BCUT2D eigenvalue weighted by molar-refractivity contribution is 0.133. The number of thiocarbonyl (C=S) groups is 1. The number of halogens is 2. The summed E-state index contributed by atoms with van der Waals surface area (Å²) in [5.74, 6) is -1.37. The smallest absolute Gasteiger partial charge is 0.429 e. The minimum atomic E-state index is -0.826. The van der Waals surface area contributed by atoms with Gasteiger partial charge in [-0.05, 0) is 30.8 Å². The van der Waals surface area contributed by atoms with Crippen molar-refractivity contribution < 1.29 is 32.6 Å². The van der Waals surface area contributed by atoms with E-state index in [-0.39, 0.29) is 49.8 Å². The van der Waals surface area contributed by atoms with Crippen LogP contribution < -0.4 is 20.0 Å². The van der Waals surface area contributed by atoms with Crippen molar-refractivity contribution in [3.63, 3.8) is 0 Å². The first-order valence-electron chi connectivity index (χ1n) is 11.3. The second-order valence-corrected chi connectivity index (χ2v) is 8.55. The van der Waals surface area contributed by atoms with Crippen LogP contribution >= 0.6 is 12.2 Å². The average Bonchev–Trinajstić information content (AvgIpc) is 3.07. The fraction of sp³-hybridized carbons (Fsp3) is 0.391. The average molecular weight is 522 g/mol. The number of benzene rings is 1. The normalized spacial score (nSPS) is 18.0. The predicted octanol–water partition coefficient (Wildman–Crippen LogP) is 3.26. The summed E-state index contributed by atoms with van der Waals surface area (Å²) in [5.41, 5.74) is 2.72. The van der Waals surface area contributed by atoms with Gasteiger partial charge in [0.1, 0.15) is 11.8 Å². The number of pyridine rings is 1. The number of hydrazine groups is 1. The zero-order valence-corrected chi connectivity index (χ0v) is 20.3. The van der Waals surface area contributed by atoms with Gasteiger partial charge in [-0.1, -0.05) is 0 Å². The second-order valence-electron chi connectivity index (χ2n) is 8.09. The zero-order valence-electron chi connectivity index (χ0n) is 19.5. The number of anilines is 2. The summed E-state index contributed by atoms with van der Waals surface area (Å²) in [6, 6.07) is 5.44. The van der Waals surface area contributed by atoms with Gasteiger partial charge in [0.25, 0.3) is 0 Å². The van der Waals surface area contributed by atoms with Gasteiger partial charge >= 0.3 is 12.2 Å². The van der Waals surface area contributed by atoms with Crippen LogP contribution in [0.2, 0.25) is 0 Å². The van der Waals surface area contributed by atoms with E-state index in [1.165, 1.54) is 28.1 Å². The highest BCUT2D eigenvalue weighted by molar-refractivity contribution is 7.80. The van der Waals surface area contributed by atoms with Crippen LogP contribution in [0, 0.1) is 11.6 Å². The Kier molecular flexibility index (Phi) is 8.10. The predicted molar refractivity (Wildman–Crippen MR) is 130 cm³/mol. The third-order valence-corrected chi connectivity index (χ3v) is 6.11. The minimum absolute atomic E-state index is 0.0604. The molecule has 192 valence electrons. The molecule has 0 saturated carbocycles. The molecule has 2 amide bonds. The van der Waals surface area contributed by atoms with Crippen molar-refractivity contribution in [3.05, 3.63) is 48.3 Å². The maximum absolute atomic E-state index is 15.1. The monoisotopic (exact) mass is 521 g/mol. The highest BCUT2D eigenvalue weighted by Crippen LogP contribution is 2.31. The number of rotatable bonds is 6. The van der Waals surface area contributed by atoms with E-state index in [0.29, 0.717) is 17.9 Å². The van der Waals surface area contributed by atoms with Gasteiger partial charge in [0, 0.05) is 44.4 Å². The first-order valence-corrected chi connectivity index (χ1v) is 11.7. The van der Waals surface area contributed by atoms with Crippen LogP contribution in [0.1, 0.15) is 12.8 Å². The van der Waals surface area contributed by atoms with Gasteiger partial charge in [-0.25, -0.2) is 28.8 Å². The molecule has 2 aromatic rings. The molecule has 13 heteroatoms. The van der Waals surface area contributed by atoms with E-state index in [1.807, 2.05) is 0 Å². The summed E-state index contributed by atoms with van der Waals surface area (Å²) in [6.45, 7) is 0.882. The van der Waals surface area contributed by atoms with Gasteiger partial charge in [0.2, 0.25) is 0 Å². The lowest BCUT2D eigenvalue weighted by Gasteiger charge is -2.25. The maximum Gasteiger partial charge on any atom is 0.429 e. The van der Waals surface area contributed by atoms with E-state index in [9.17, 15) is 9.59 Å². The van der Waals surface area contributed by atoms with Gasteiger partial charge < -0.3 is 19.1 Å². The summed E-state index contributed by atoms with van der Waals surface area (Å²) >= 11 is 5.00. The maximum atomic E-state index is 15.1. The Labute approximate surface area is 211 Å². The van der Waals surface area contributed by atoms with Gasteiger partial charge in [-0.2, -0.15) is 0 Å². The standard InChI is InChI=1S/C23H25F2N5O5S/c1-33-20(36)5-4-17-14-29(22(31)35-17)15-11-18(24)21(19(25)12-15)28-8-7-27-30(10-9-28)23(32)34-16-3-2-6-26-13-16/h2-3,6,11-13,17,27H,4-5,7-10,14H2,1H3/t17-/m0/s1. The van der Waals surface area contributed by atoms with Crippen molar-refractivity contribution >= 4 is 40.8 Å². The summed E-state index contributed by atoms with van der Waals surface area (Å²) in [4.78, 5) is 31.3. The third-order valence-electron chi connectivity index (χ3n) is 5.74. The van der Waals surface area contributed by atoms with E-state index in [4.69, 9.17) is 26.4 Å². The first-order chi connectivity index (χ1) is 17.4. The van der Waals surface area contributed by atoms with E-state index >= 15 is 8.78 Å². The number of hydrogen-bond donors (Lipinski definition) is 1. The topological polar surface area (TPSA) is 96.5 Å². The number of aromatic nitrogens is 1. The Morgan fingerprint density at radius 1 is 1.28 bits per heavy atom. The van der Waals surface area contributed by atoms with Gasteiger partial charge in [-0.15, -0.1) is 0 Å². The fourth-order valence-corrected chi connectivity index (χ4v) is 4.07. The van der Waals surface area contributed by atoms with Gasteiger partial charge in [0.05, 0.1) is 32.1 Å². The van der Waals surface area contributed by atoms with E-state index in [2.05, 4.69) is 10.4 Å². The van der Waals surface area contributed by atoms with Crippen LogP contribution in [0.3, 0.4) is 0 Å². The Balaban J connectivity index is 1.40. The molecule has 4 rings (SSSR count). The summed E-state index contributed by atoms with van der Waals surface area (Å²) in [7, 11) is 1.47. The summed E-state index contributed by atoms with van der Waals surface area (Å²) in [5, 5.41) is 1.63. The molecule has 2 aliphatic heterocycles.